The molecule has 0 fully saturated rings. The first-order chi connectivity index (χ1) is 8.22. The van der Waals surface area contributed by atoms with E-state index < -0.39 is 0 Å². The van der Waals surface area contributed by atoms with Crippen molar-refractivity contribution in [3.63, 3.8) is 0 Å². The van der Waals surface area contributed by atoms with Crippen LogP contribution in [0.15, 0.2) is 30.7 Å². The number of aromatic nitrogens is 3. The normalized spacial score (nSPS) is 12.6. The first kappa shape index (κ1) is 11.8. The Morgan fingerprint density at radius 1 is 1.35 bits per heavy atom. The Bertz CT molecular complexity index is 470. The van der Waals surface area contributed by atoms with Crippen LogP contribution in [0.25, 0.3) is 5.82 Å². The monoisotopic (exact) mass is 230 g/mol. The van der Waals surface area contributed by atoms with Gasteiger partial charge in [-0.1, -0.05) is 13.0 Å². The average Bonchev–Trinajstić information content (AvgIpc) is 2.78. The molecule has 1 atom stereocenters. The van der Waals surface area contributed by atoms with Crippen LogP contribution in [0.2, 0.25) is 0 Å². The predicted molar refractivity (Wildman–Crippen MR) is 68.0 cm³/mol. The zero-order valence-corrected chi connectivity index (χ0v) is 10.3. The fraction of sp³-hybridized carbons (Fsp3) is 0.385. The molecule has 0 aliphatic rings. The number of aryl methyl sites for hydroxylation is 1. The smallest absolute Gasteiger partial charge is 0.137 e. The fourth-order valence-corrected chi connectivity index (χ4v) is 1.76. The molecule has 17 heavy (non-hydrogen) atoms. The third-order valence-electron chi connectivity index (χ3n) is 2.73. The minimum absolute atomic E-state index is 0.0226. The molecule has 0 aromatic carbocycles. The van der Waals surface area contributed by atoms with E-state index in [0.717, 1.165) is 30.0 Å². The standard InChI is InChI=1S/C13H18N4/c1-3-4-12-15-7-8-17(12)13-6-5-11(9-16-13)10(2)14/h5-10H,3-4,14H2,1-2H3/t10-/m0/s1. The minimum atomic E-state index is 0.0226. The second-order valence-electron chi connectivity index (χ2n) is 4.20. The number of hydrogen-bond donors (Lipinski definition) is 1. The van der Waals surface area contributed by atoms with Crippen molar-refractivity contribution in [2.45, 2.75) is 32.7 Å². The van der Waals surface area contributed by atoms with Crippen LogP contribution in [-0.2, 0) is 6.42 Å². The molecule has 0 saturated carbocycles. The lowest BCUT2D eigenvalue weighted by Gasteiger charge is -2.08. The van der Waals surface area contributed by atoms with Crippen molar-refractivity contribution >= 4 is 0 Å². The molecule has 2 aromatic heterocycles. The Labute approximate surface area is 102 Å². The molecule has 4 nitrogen and oxygen atoms in total. The van der Waals surface area contributed by atoms with Gasteiger partial charge in [0.15, 0.2) is 0 Å². The summed E-state index contributed by atoms with van der Waals surface area (Å²) in [5.41, 5.74) is 6.85. The lowest BCUT2D eigenvalue weighted by molar-refractivity contribution is 0.786. The van der Waals surface area contributed by atoms with Gasteiger partial charge in [0.2, 0.25) is 0 Å². The fourth-order valence-electron chi connectivity index (χ4n) is 1.76. The van der Waals surface area contributed by atoms with Crippen LogP contribution in [-0.4, -0.2) is 14.5 Å². The first-order valence-electron chi connectivity index (χ1n) is 5.96. The van der Waals surface area contributed by atoms with Crippen LogP contribution >= 0.6 is 0 Å². The van der Waals surface area contributed by atoms with E-state index in [4.69, 9.17) is 5.73 Å². The second-order valence-corrected chi connectivity index (χ2v) is 4.20. The molecule has 0 amide bonds. The molecule has 0 saturated heterocycles. The zero-order valence-electron chi connectivity index (χ0n) is 10.3. The third kappa shape index (κ3) is 2.53. The number of nitrogens with zero attached hydrogens (tertiary/aromatic N) is 3. The van der Waals surface area contributed by atoms with Gasteiger partial charge >= 0.3 is 0 Å². The number of hydrogen-bond acceptors (Lipinski definition) is 3. The van der Waals surface area contributed by atoms with E-state index in [1.807, 2.05) is 42.2 Å². The van der Waals surface area contributed by atoms with Gasteiger partial charge in [0.1, 0.15) is 11.6 Å². The highest BCUT2D eigenvalue weighted by molar-refractivity contribution is 5.28. The number of pyridine rings is 1. The third-order valence-corrected chi connectivity index (χ3v) is 2.73. The summed E-state index contributed by atoms with van der Waals surface area (Å²) in [6, 6.07) is 4.02. The summed E-state index contributed by atoms with van der Waals surface area (Å²) in [6.07, 6.45) is 7.62. The highest BCUT2D eigenvalue weighted by Crippen LogP contribution is 2.13. The lowest BCUT2D eigenvalue weighted by Crippen LogP contribution is -2.07. The highest BCUT2D eigenvalue weighted by Gasteiger charge is 2.06. The molecule has 90 valence electrons. The van der Waals surface area contributed by atoms with Crippen LogP contribution < -0.4 is 5.73 Å². The van der Waals surface area contributed by atoms with E-state index in [1.165, 1.54) is 0 Å². The van der Waals surface area contributed by atoms with Crippen molar-refractivity contribution in [2.24, 2.45) is 5.73 Å². The van der Waals surface area contributed by atoms with Crippen LogP contribution in [0.4, 0.5) is 0 Å². The molecular weight excluding hydrogens is 212 g/mol. The summed E-state index contributed by atoms with van der Waals surface area (Å²) in [6.45, 7) is 4.10. The van der Waals surface area contributed by atoms with E-state index in [2.05, 4.69) is 16.9 Å². The molecule has 0 unspecified atom stereocenters. The van der Waals surface area contributed by atoms with Gasteiger partial charge in [-0.25, -0.2) is 9.97 Å². The summed E-state index contributed by atoms with van der Waals surface area (Å²) in [4.78, 5) is 8.77. The summed E-state index contributed by atoms with van der Waals surface area (Å²) in [5.74, 6) is 1.95. The maximum Gasteiger partial charge on any atom is 0.137 e. The predicted octanol–water partition coefficient (Wildman–Crippen LogP) is 2.24. The van der Waals surface area contributed by atoms with Crippen molar-refractivity contribution in [3.8, 4) is 5.82 Å². The molecular formula is C13H18N4. The van der Waals surface area contributed by atoms with E-state index in [1.54, 1.807) is 0 Å². The maximum absolute atomic E-state index is 5.80. The topological polar surface area (TPSA) is 56.7 Å². The molecule has 2 N–H and O–H groups in total. The minimum Gasteiger partial charge on any atom is -0.324 e. The summed E-state index contributed by atoms with van der Waals surface area (Å²) in [5, 5.41) is 0. The molecule has 0 bridgehead atoms. The van der Waals surface area contributed by atoms with Crippen LogP contribution in [0.5, 0.6) is 0 Å². The zero-order chi connectivity index (χ0) is 12.3. The Morgan fingerprint density at radius 3 is 2.76 bits per heavy atom. The Balaban J connectivity index is 2.30. The molecule has 4 heteroatoms. The molecule has 0 radical (unpaired) electrons. The second kappa shape index (κ2) is 5.10. The number of imidazole rings is 1. The van der Waals surface area contributed by atoms with Gasteiger partial charge in [0.25, 0.3) is 0 Å². The van der Waals surface area contributed by atoms with Gasteiger partial charge < -0.3 is 5.73 Å². The number of rotatable bonds is 4. The Hall–Kier alpha value is -1.68. The van der Waals surface area contributed by atoms with E-state index in [-0.39, 0.29) is 6.04 Å². The largest absolute Gasteiger partial charge is 0.324 e. The quantitative estimate of drug-likeness (QED) is 0.876. The summed E-state index contributed by atoms with van der Waals surface area (Å²) < 4.78 is 2.02. The first-order valence-corrected chi connectivity index (χ1v) is 5.96. The van der Waals surface area contributed by atoms with E-state index >= 15 is 0 Å². The summed E-state index contributed by atoms with van der Waals surface area (Å²) in [7, 11) is 0. The van der Waals surface area contributed by atoms with Gasteiger partial charge in [-0.3, -0.25) is 4.57 Å². The Morgan fingerprint density at radius 2 is 2.18 bits per heavy atom. The van der Waals surface area contributed by atoms with Crippen molar-refractivity contribution < 1.29 is 0 Å². The van der Waals surface area contributed by atoms with E-state index in [9.17, 15) is 0 Å². The SMILES string of the molecule is CCCc1nccn1-c1ccc([C@H](C)N)cn1. The van der Waals surface area contributed by atoms with Gasteiger partial charge in [-0.05, 0) is 25.0 Å². The lowest BCUT2D eigenvalue weighted by atomic mass is 10.1. The molecule has 2 aromatic rings. The molecule has 0 aliphatic carbocycles. The summed E-state index contributed by atoms with van der Waals surface area (Å²) >= 11 is 0. The molecule has 0 aliphatic heterocycles. The van der Waals surface area contributed by atoms with E-state index in [0.29, 0.717) is 0 Å². The average molecular weight is 230 g/mol. The van der Waals surface area contributed by atoms with Crippen molar-refractivity contribution in [1.29, 1.82) is 0 Å². The van der Waals surface area contributed by atoms with Gasteiger partial charge in [-0.2, -0.15) is 0 Å². The highest BCUT2D eigenvalue weighted by atomic mass is 15.1. The van der Waals surface area contributed by atoms with Crippen LogP contribution in [0.1, 0.15) is 37.7 Å². The van der Waals surface area contributed by atoms with Gasteiger partial charge in [0.05, 0.1) is 0 Å². The van der Waals surface area contributed by atoms with Crippen molar-refractivity contribution in [2.75, 3.05) is 0 Å². The molecule has 0 spiro atoms. The Kier molecular flexibility index (Phi) is 3.54. The van der Waals surface area contributed by atoms with Gasteiger partial charge in [-0.15, -0.1) is 0 Å². The van der Waals surface area contributed by atoms with Crippen molar-refractivity contribution in [1.82, 2.24) is 14.5 Å². The van der Waals surface area contributed by atoms with Crippen molar-refractivity contribution in [3.05, 3.63) is 42.1 Å². The molecule has 2 heterocycles. The number of nitrogens with two attached hydrogens (primary N) is 1. The van der Waals surface area contributed by atoms with Crippen LogP contribution in [0.3, 0.4) is 0 Å². The van der Waals surface area contributed by atoms with Gasteiger partial charge in [0, 0.05) is 31.1 Å². The molecule has 2 rings (SSSR count). The van der Waals surface area contributed by atoms with Crippen LogP contribution in [0, 0.1) is 0 Å². The maximum atomic E-state index is 5.80.